The Morgan fingerprint density at radius 2 is 1.74 bits per heavy atom. The summed E-state index contributed by atoms with van der Waals surface area (Å²) in [5.41, 5.74) is 3.42. The van der Waals surface area contributed by atoms with Gasteiger partial charge in [0.05, 0.1) is 30.2 Å². The molecule has 2 N–H and O–H groups in total. The van der Waals surface area contributed by atoms with Crippen molar-refractivity contribution in [2.24, 2.45) is 0 Å². The van der Waals surface area contributed by atoms with E-state index >= 15 is 0 Å². The van der Waals surface area contributed by atoms with Crippen molar-refractivity contribution in [2.45, 2.75) is 13.0 Å². The molecule has 7 nitrogen and oxygen atoms in total. The summed E-state index contributed by atoms with van der Waals surface area (Å²) in [6.45, 7) is 0.488. The summed E-state index contributed by atoms with van der Waals surface area (Å²) in [4.78, 5) is 29.3. The van der Waals surface area contributed by atoms with Gasteiger partial charge in [-0.25, -0.2) is 4.98 Å². The van der Waals surface area contributed by atoms with E-state index in [2.05, 4.69) is 15.6 Å². The lowest BCUT2D eigenvalue weighted by atomic mass is 10.1. The van der Waals surface area contributed by atoms with Gasteiger partial charge < -0.3 is 19.9 Å². The summed E-state index contributed by atoms with van der Waals surface area (Å²) in [5, 5.41) is 5.73. The lowest BCUT2D eigenvalue weighted by molar-refractivity contribution is -0.116. The van der Waals surface area contributed by atoms with Gasteiger partial charge >= 0.3 is 0 Å². The maximum absolute atomic E-state index is 12.7. The Morgan fingerprint density at radius 3 is 2.55 bits per heavy atom. The van der Waals surface area contributed by atoms with Crippen LogP contribution >= 0.6 is 0 Å². The van der Waals surface area contributed by atoms with Crippen LogP contribution in [0.2, 0.25) is 0 Å². The molecule has 0 radical (unpaired) electrons. The zero-order chi connectivity index (χ0) is 21.6. The molecule has 4 rings (SSSR count). The zero-order valence-electron chi connectivity index (χ0n) is 17.0. The molecule has 2 amide bonds. The molecule has 0 aliphatic carbocycles. The van der Waals surface area contributed by atoms with Crippen LogP contribution in [0.25, 0.3) is 11.0 Å². The second kappa shape index (κ2) is 9.13. The molecule has 0 spiro atoms. The number of anilines is 2. The van der Waals surface area contributed by atoms with Crippen LogP contribution in [-0.4, -0.2) is 28.5 Å². The summed E-state index contributed by atoms with van der Waals surface area (Å²) in [5.74, 6) is 0.277. The number of aromatic nitrogens is 2. The van der Waals surface area contributed by atoms with E-state index in [1.54, 1.807) is 37.7 Å². The minimum Gasteiger partial charge on any atom is -0.495 e. The van der Waals surface area contributed by atoms with Gasteiger partial charge in [0.1, 0.15) is 5.75 Å². The SMILES string of the molecule is COc1ccccc1NC(=O)c1ccc2c(c1)ncn2CCC(=O)Nc1ccccc1. The number of hydrogen-bond donors (Lipinski definition) is 2. The van der Waals surface area contributed by atoms with Crippen LogP contribution in [0.5, 0.6) is 5.75 Å². The number of methoxy groups -OCH3 is 1. The minimum absolute atomic E-state index is 0.0687. The normalized spacial score (nSPS) is 10.6. The molecule has 0 unspecified atom stereocenters. The maximum Gasteiger partial charge on any atom is 0.255 e. The van der Waals surface area contributed by atoms with E-state index < -0.39 is 0 Å². The highest BCUT2D eigenvalue weighted by atomic mass is 16.5. The smallest absolute Gasteiger partial charge is 0.255 e. The molecule has 0 fully saturated rings. The van der Waals surface area contributed by atoms with Gasteiger partial charge in [0.25, 0.3) is 5.91 Å². The highest BCUT2D eigenvalue weighted by molar-refractivity contribution is 6.06. The van der Waals surface area contributed by atoms with E-state index in [-0.39, 0.29) is 11.8 Å². The zero-order valence-corrected chi connectivity index (χ0v) is 17.0. The summed E-state index contributed by atoms with van der Waals surface area (Å²) < 4.78 is 7.18. The third-order valence-corrected chi connectivity index (χ3v) is 4.88. The molecule has 0 aliphatic rings. The summed E-state index contributed by atoms with van der Waals surface area (Å²) >= 11 is 0. The van der Waals surface area contributed by atoms with E-state index in [1.807, 2.05) is 53.1 Å². The third kappa shape index (κ3) is 4.72. The second-order valence-electron chi connectivity index (χ2n) is 6.96. The fraction of sp³-hybridized carbons (Fsp3) is 0.125. The van der Waals surface area contributed by atoms with Crippen LogP contribution in [0.15, 0.2) is 79.1 Å². The van der Waals surface area contributed by atoms with Crippen molar-refractivity contribution in [2.75, 3.05) is 17.7 Å². The predicted molar refractivity (Wildman–Crippen MR) is 120 cm³/mol. The third-order valence-electron chi connectivity index (χ3n) is 4.88. The number of amides is 2. The molecule has 0 aliphatic heterocycles. The first kappa shape index (κ1) is 20.2. The number of para-hydroxylation sites is 3. The minimum atomic E-state index is -0.247. The number of benzene rings is 3. The largest absolute Gasteiger partial charge is 0.495 e. The van der Waals surface area contributed by atoms with Crippen molar-refractivity contribution in [3.05, 3.63) is 84.7 Å². The number of carbonyl (C=O) groups excluding carboxylic acids is 2. The van der Waals surface area contributed by atoms with Gasteiger partial charge in [0, 0.05) is 24.2 Å². The van der Waals surface area contributed by atoms with E-state index in [4.69, 9.17) is 4.74 Å². The highest BCUT2D eigenvalue weighted by Gasteiger charge is 2.12. The Balaban J connectivity index is 1.43. The Bertz CT molecular complexity index is 1220. The number of hydrogen-bond acceptors (Lipinski definition) is 4. The first-order valence-electron chi connectivity index (χ1n) is 9.88. The number of aryl methyl sites for hydroxylation is 1. The van der Waals surface area contributed by atoms with Crippen LogP contribution in [0.1, 0.15) is 16.8 Å². The number of ether oxygens (including phenoxy) is 1. The van der Waals surface area contributed by atoms with Gasteiger partial charge in [0.15, 0.2) is 0 Å². The average molecular weight is 414 g/mol. The van der Waals surface area contributed by atoms with Gasteiger partial charge in [-0.05, 0) is 42.5 Å². The summed E-state index contributed by atoms with van der Waals surface area (Å²) in [6, 6.07) is 21.9. The van der Waals surface area contributed by atoms with Gasteiger partial charge in [-0.3, -0.25) is 9.59 Å². The van der Waals surface area contributed by atoms with E-state index in [9.17, 15) is 9.59 Å². The van der Waals surface area contributed by atoms with Crippen molar-refractivity contribution >= 4 is 34.2 Å². The number of rotatable bonds is 7. The van der Waals surface area contributed by atoms with Gasteiger partial charge in [-0.1, -0.05) is 30.3 Å². The van der Waals surface area contributed by atoms with Crippen molar-refractivity contribution < 1.29 is 14.3 Å². The molecule has 7 heteroatoms. The molecule has 0 bridgehead atoms. The second-order valence-corrected chi connectivity index (χ2v) is 6.96. The van der Waals surface area contributed by atoms with E-state index in [0.717, 1.165) is 11.2 Å². The monoisotopic (exact) mass is 414 g/mol. The molecule has 1 aromatic heterocycles. The molecule has 4 aromatic rings. The molecular formula is C24H22N4O3. The van der Waals surface area contributed by atoms with Crippen molar-refractivity contribution in [1.29, 1.82) is 0 Å². The molecule has 156 valence electrons. The maximum atomic E-state index is 12.7. The fourth-order valence-corrected chi connectivity index (χ4v) is 3.29. The van der Waals surface area contributed by atoms with Gasteiger partial charge in [-0.15, -0.1) is 0 Å². The first-order chi connectivity index (χ1) is 15.1. The van der Waals surface area contributed by atoms with E-state index in [0.29, 0.717) is 35.5 Å². The summed E-state index contributed by atoms with van der Waals surface area (Å²) in [6.07, 6.45) is 2.00. The Labute approximate surface area is 179 Å². The van der Waals surface area contributed by atoms with Crippen LogP contribution in [0.4, 0.5) is 11.4 Å². The predicted octanol–water partition coefficient (Wildman–Crippen LogP) is 4.33. The molecular weight excluding hydrogens is 392 g/mol. The van der Waals surface area contributed by atoms with Crippen molar-refractivity contribution in [3.63, 3.8) is 0 Å². The Morgan fingerprint density at radius 1 is 0.968 bits per heavy atom. The number of fused-ring (bicyclic) bond motifs is 1. The average Bonchev–Trinajstić information content (AvgIpc) is 3.21. The highest BCUT2D eigenvalue weighted by Crippen LogP contribution is 2.24. The summed E-state index contributed by atoms with van der Waals surface area (Å²) in [7, 11) is 1.56. The number of imidazole rings is 1. The van der Waals surface area contributed by atoms with Gasteiger partial charge in [-0.2, -0.15) is 0 Å². The van der Waals surface area contributed by atoms with Crippen LogP contribution in [-0.2, 0) is 11.3 Å². The quantitative estimate of drug-likeness (QED) is 0.471. The Hall–Kier alpha value is -4.13. The standard InChI is InChI=1S/C24H22N4O3/c1-31-22-10-6-5-9-19(22)27-24(30)17-11-12-21-20(15-17)25-16-28(21)14-13-23(29)26-18-7-3-2-4-8-18/h2-12,15-16H,13-14H2,1H3,(H,26,29)(H,27,30). The lowest BCUT2D eigenvalue weighted by Gasteiger charge is -2.10. The molecule has 31 heavy (non-hydrogen) atoms. The molecule has 3 aromatic carbocycles. The van der Waals surface area contributed by atoms with Crippen LogP contribution in [0, 0.1) is 0 Å². The van der Waals surface area contributed by atoms with Gasteiger partial charge in [0.2, 0.25) is 5.91 Å². The molecule has 1 heterocycles. The number of nitrogens with one attached hydrogen (secondary N) is 2. The fourth-order valence-electron chi connectivity index (χ4n) is 3.29. The lowest BCUT2D eigenvalue weighted by Crippen LogP contribution is -2.14. The first-order valence-corrected chi connectivity index (χ1v) is 9.88. The Kier molecular flexibility index (Phi) is 5.93. The molecule has 0 atom stereocenters. The van der Waals surface area contributed by atoms with Crippen LogP contribution < -0.4 is 15.4 Å². The van der Waals surface area contributed by atoms with Crippen LogP contribution in [0.3, 0.4) is 0 Å². The van der Waals surface area contributed by atoms with Crippen molar-refractivity contribution in [1.82, 2.24) is 9.55 Å². The number of carbonyl (C=O) groups is 2. The molecule has 0 saturated heterocycles. The topological polar surface area (TPSA) is 85.2 Å². The van der Waals surface area contributed by atoms with Crippen molar-refractivity contribution in [3.8, 4) is 5.75 Å². The number of nitrogens with zero attached hydrogens (tertiary/aromatic N) is 2. The molecule has 0 saturated carbocycles. The van der Waals surface area contributed by atoms with E-state index in [1.165, 1.54) is 0 Å².